The summed E-state index contributed by atoms with van der Waals surface area (Å²) in [6, 6.07) is 1.73. The van der Waals surface area contributed by atoms with Crippen molar-refractivity contribution in [3.8, 4) is 0 Å². The highest BCUT2D eigenvalue weighted by atomic mass is 35.5. The number of aryl methyl sites for hydroxylation is 1. The van der Waals surface area contributed by atoms with E-state index in [-0.39, 0.29) is 17.0 Å². The van der Waals surface area contributed by atoms with E-state index < -0.39 is 17.7 Å². The standard InChI is InChI=1S/C11H10ClF2N3O/c1-17-5-6(15-16-17)2-11(18)7-3-10(14)8(12)4-9(7)13/h3-5,11,18H,2H2,1H3. The molecule has 1 N–H and O–H groups in total. The van der Waals surface area contributed by atoms with E-state index in [1.807, 2.05) is 0 Å². The molecule has 0 amide bonds. The van der Waals surface area contributed by atoms with Gasteiger partial charge in [0, 0.05) is 25.2 Å². The van der Waals surface area contributed by atoms with E-state index in [2.05, 4.69) is 10.3 Å². The number of rotatable bonds is 3. The molecule has 1 heterocycles. The van der Waals surface area contributed by atoms with Gasteiger partial charge < -0.3 is 5.11 Å². The molecule has 0 aliphatic rings. The van der Waals surface area contributed by atoms with Crippen LogP contribution in [-0.4, -0.2) is 20.1 Å². The fraction of sp³-hybridized carbons (Fsp3) is 0.273. The number of halogens is 3. The summed E-state index contributed by atoms with van der Waals surface area (Å²) in [5, 5.41) is 17.0. The van der Waals surface area contributed by atoms with Crippen LogP contribution < -0.4 is 0 Å². The average Bonchev–Trinajstić information content (AvgIpc) is 2.69. The van der Waals surface area contributed by atoms with Crippen molar-refractivity contribution in [1.82, 2.24) is 15.0 Å². The molecule has 2 rings (SSSR count). The van der Waals surface area contributed by atoms with E-state index in [9.17, 15) is 13.9 Å². The van der Waals surface area contributed by atoms with E-state index in [4.69, 9.17) is 11.6 Å². The van der Waals surface area contributed by atoms with E-state index in [0.717, 1.165) is 12.1 Å². The smallest absolute Gasteiger partial charge is 0.142 e. The number of nitrogens with zero attached hydrogens (tertiary/aromatic N) is 3. The zero-order chi connectivity index (χ0) is 13.3. The molecule has 0 saturated carbocycles. The van der Waals surface area contributed by atoms with E-state index in [0.29, 0.717) is 5.69 Å². The number of hydrogen-bond donors (Lipinski definition) is 1. The van der Waals surface area contributed by atoms with Gasteiger partial charge in [0.25, 0.3) is 0 Å². The molecule has 1 aromatic heterocycles. The third-order valence-corrected chi connectivity index (χ3v) is 2.74. The third kappa shape index (κ3) is 2.65. The second-order valence-corrected chi connectivity index (χ2v) is 4.30. The molecule has 18 heavy (non-hydrogen) atoms. The van der Waals surface area contributed by atoms with Crippen molar-refractivity contribution < 1.29 is 13.9 Å². The second kappa shape index (κ2) is 4.99. The number of aliphatic hydroxyl groups is 1. The molecule has 1 aromatic carbocycles. The van der Waals surface area contributed by atoms with Gasteiger partial charge in [-0.05, 0) is 12.1 Å². The first-order chi connectivity index (χ1) is 8.47. The van der Waals surface area contributed by atoms with Gasteiger partial charge in [-0.3, -0.25) is 4.68 Å². The van der Waals surface area contributed by atoms with Crippen LogP contribution in [0.1, 0.15) is 17.4 Å². The Hall–Kier alpha value is -1.53. The highest BCUT2D eigenvalue weighted by Gasteiger charge is 2.17. The molecule has 1 atom stereocenters. The molecule has 0 aliphatic heterocycles. The van der Waals surface area contributed by atoms with Gasteiger partial charge in [0.15, 0.2) is 0 Å². The van der Waals surface area contributed by atoms with Crippen LogP contribution >= 0.6 is 11.6 Å². The number of aliphatic hydroxyl groups excluding tert-OH is 1. The van der Waals surface area contributed by atoms with Gasteiger partial charge in [0.1, 0.15) is 11.6 Å². The Balaban J connectivity index is 2.23. The molecular formula is C11H10ClF2N3O. The van der Waals surface area contributed by atoms with E-state index >= 15 is 0 Å². The predicted octanol–water partition coefficient (Wildman–Crippen LogP) is 2.02. The Labute approximate surface area is 107 Å². The Morgan fingerprint density at radius 2 is 2.11 bits per heavy atom. The summed E-state index contributed by atoms with van der Waals surface area (Å²) in [4.78, 5) is 0. The van der Waals surface area contributed by atoms with Crippen LogP contribution in [0, 0.1) is 11.6 Å². The highest BCUT2D eigenvalue weighted by molar-refractivity contribution is 6.30. The molecular weight excluding hydrogens is 264 g/mol. The lowest BCUT2D eigenvalue weighted by Gasteiger charge is -2.11. The maximum atomic E-state index is 13.5. The summed E-state index contributed by atoms with van der Waals surface area (Å²) >= 11 is 5.43. The molecule has 7 heteroatoms. The molecule has 0 aliphatic carbocycles. The van der Waals surface area contributed by atoms with Crippen molar-refractivity contribution in [2.75, 3.05) is 0 Å². The molecule has 0 saturated heterocycles. The summed E-state index contributed by atoms with van der Waals surface area (Å²) in [5.41, 5.74) is 0.335. The molecule has 0 spiro atoms. The molecule has 2 aromatic rings. The van der Waals surface area contributed by atoms with Crippen molar-refractivity contribution in [2.45, 2.75) is 12.5 Å². The Kier molecular flexibility index (Phi) is 3.58. The molecule has 96 valence electrons. The zero-order valence-corrected chi connectivity index (χ0v) is 10.2. The first-order valence-electron chi connectivity index (χ1n) is 5.15. The summed E-state index contributed by atoms with van der Waals surface area (Å²) in [7, 11) is 1.67. The van der Waals surface area contributed by atoms with Gasteiger partial charge in [-0.25, -0.2) is 8.78 Å². The van der Waals surface area contributed by atoms with Crippen molar-refractivity contribution in [3.05, 3.63) is 46.2 Å². The van der Waals surface area contributed by atoms with Crippen LogP contribution in [0.25, 0.3) is 0 Å². The fourth-order valence-electron chi connectivity index (χ4n) is 1.59. The zero-order valence-electron chi connectivity index (χ0n) is 9.44. The predicted molar refractivity (Wildman–Crippen MR) is 61.0 cm³/mol. The average molecular weight is 274 g/mol. The molecule has 4 nitrogen and oxygen atoms in total. The minimum atomic E-state index is -1.20. The minimum absolute atomic E-state index is 0.0475. The summed E-state index contributed by atoms with van der Waals surface area (Å²) in [6.07, 6.45) is 0.438. The van der Waals surface area contributed by atoms with Gasteiger partial charge in [-0.1, -0.05) is 16.8 Å². The third-order valence-electron chi connectivity index (χ3n) is 2.45. The molecule has 1 unspecified atom stereocenters. The Morgan fingerprint density at radius 1 is 1.39 bits per heavy atom. The quantitative estimate of drug-likeness (QED) is 0.871. The normalized spacial score (nSPS) is 12.7. The van der Waals surface area contributed by atoms with Crippen molar-refractivity contribution >= 4 is 11.6 Å². The summed E-state index contributed by atoms with van der Waals surface area (Å²) in [6.45, 7) is 0. The highest BCUT2D eigenvalue weighted by Crippen LogP contribution is 2.25. The minimum Gasteiger partial charge on any atom is -0.388 e. The van der Waals surface area contributed by atoms with Gasteiger partial charge in [0.2, 0.25) is 0 Å². The SMILES string of the molecule is Cn1cc(CC(O)c2cc(F)c(Cl)cc2F)nn1. The van der Waals surface area contributed by atoms with Crippen LogP contribution in [0.15, 0.2) is 18.3 Å². The molecule has 0 fully saturated rings. The van der Waals surface area contributed by atoms with E-state index in [1.54, 1.807) is 13.2 Å². The number of benzene rings is 1. The number of hydrogen-bond acceptors (Lipinski definition) is 3. The largest absolute Gasteiger partial charge is 0.388 e. The van der Waals surface area contributed by atoms with Crippen molar-refractivity contribution in [2.24, 2.45) is 7.05 Å². The Morgan fingerprint density at radius 3 is 2.72 bits per heavy atom. The van der Waals surface area contributed by atoms with E-state index in [1.165, 1.54) is 4.68 Å². The lowest BCUT2D eigenvalue weighted by Crippen LogP contribution is -2.05. The Bertz CT molecular complexity index is 573. The van der Waals surface area contributed by atoms with Gasteiger partial charge in [0.05, 0.1) is 16.8 Å². The van der Waals surface area contributed by atoms with Gasteiger partial charge in [-0.15, -0.1) is 5.10 Å². The molecule has 0 bridgehead atoms. The lowest BCUT2D eigenvalue weighted by atomic mass is 10.0. The van der Waals surface area contributed by atoms with Crippen molar-refractivity contribution in [1.29, 1.82) is 0 Å². The maximum Gasteiger partial charge on any atom is 0.142 e. The second-order valence-electron chi connectivity index (χ2n) is 3.89. The summed E-state index contributed by atoms with van der Waals surface area (Å²) < 4.78 is 28.2. The lowest BCUT2D eigenvalue weighted by molar-refractivity contribution is 0.172. The van der Waals surface area contributed by atoms with Crippen molar-refractivity contribution in [3.63, 3.8) is 0 Å². The van der Waals surface area contributed by atoms with Crippen LogP contribution in [0.5, 0.6) is 0 Å². The maximum absolute atomic E-state index is 13.5. The first kappa shape index (κ1) is 12.9. The van der Waals surface area contributed by atoms with Crippen LogP contribution in [-0.2, 0) is 13.5 Å². The monoisotopic (exact) mass is 273 g/mol. The van der Waals surface area contributed by atoms with Crippen LogP contribution in [0.2, 0.25) is 5.02 Å². The molecule has 0 radical (unpaired) electrons. The first-order valence-corrected chi connectivity index (χ1v) is 5.53. The topological polar surface area (TPSA) is 50.9 Å². The summed E-state index contributed by atoms with van der Waals surface area (Å²) in [5.74, 6) is -1.52. The van der Waals surface area contributed by atoms with Crippen LogP contribution in [0.3, 0.4) is 0 Å². The fourth-order valence-corrected chi connectivity index (χ4v) is 1.74. The number of aromatic nitrogens is 3. The van der Waals surface area contributed by atoms with Gasteiger partial charge >= 0.3 is 0 Å². The van der Waals surface area contributed by atoms with Gasteiger partial charge in [-0.2, -0.15) is 0 Å². The van der Waals surface area contributed by atoms with Crippen LogP contribution in [0.4, 0.5) is 8.78 Å².